The van der Waals surface area contributed by atoms with E-state index in [1.165, 1.54) is 11.8 Å². The Morgan fingerprint density at radius 1 is 1.11 bits per heavy atom. The number of carbonyl (C=O) groups excluding carboxylic acids is 1. The van der Waals surface area contributed by atoms with Gasteiger partial charge >= 0.3 is 5.97 Å². The molecule has 2 aliphatic rings. The predicted octanol–water partition coefficient (Wildman–Crippen LogP) is 5.06. The van der Waals surface area contributed by atoms with Gasteiger partial charge in [0.1, 0.15) is 21.8 Å². The molecule has 1 aromatic heterocycles. The molecule has 0 spiro atoms. The second kappa shape index (κ2) is 13.8. The monoisotopic (exact) mass is 544 g/mol. The first-order valence-electron chi connectivity index (χ1n) is 13.2. The number of anilines is 1. The van der Waals surface area contributed by atoms with Crippen LogP contribution in [0.4, 0.5) is 5.82 Å². The van der Waals surface area contributed by atoms with E-state index in [1.54, 1.807) is 16.4 Å². The summed E-state index contributed by atoms with van der Waals surface area (Å²) in [6.07, 6.45) is 9.97. The van der Waals surface area contributed by atoms with Crippen LogP contribution < -0.4 is 10.5 Å². The zero-order chi connectivity index (χ0) is 26.9. The van der Waals surface area contributed by atoms with Gasteiger partial charge in [-0.15, -0.1) is 0 Å². The highest BCUT2D eigenvalue weighted by Crippen LogP contribution is 2.36. The Kier molecular flexibility index (Phi) is 10.8. The molecule has 10 heteroatoms. The minimum atomic E-state index is -0.818. The highest BCUT2D eigenvalue weighted by molar-refractivity contribution is 8.26. The average Bonchev–Trinajstić information content (AvgIpc) is 3.02. The molecule has 1 N–H and O–H groups in total. The van der Waals surface area contributed by atoms with Crippen LogP contribution in [0.2, 0.25) is 0 Å². The second-order valence-electron chi connectivity index (χ2n) is 9.60. The lowest BCUT2D eigenvalue weighted by Crippen LogP contribution is -2.35. The summed E-state index contributed by atoms with van der Waals surface area (Å²) in [5.41, 5.74) is 1.20. The van der Waals surface area contributed by atoms with Gasteiger partial charge in [0.15, 0.2) is 0 Å². The third-order valence-electron chi connectivity index (χ3n) is 6.91. The fourth-order valence-corrected chi connectivity index (χ4v) is 6.13. The van der Waals surface area contributed by atoms with Crippen LogP contribution in [0.5, 0.6) is 0 Å². The summed E-state index contributed by atoms with van der Waals surface area (Å²) in [4.78, 5) is 41.8. The number of hydrogen-bond donors (Lipinski definition) is 1. The molecule has 0 aromatic carbocycles. The zero-order valence-electron chi connectivity index (χ0n) is 21.8. The molecule has 0 aliphatic carbocycles. The van der Waals surface area contributed by atoms with E-state index in [0.29, 0.717) is 47.1 Å². The van der Waals surface area contributed by atoms with Crippen LogP contribution in [0.3, 0.4) is 0 Å². The van der Waals surface area contributed by atoms with E-state index in [1.807, 2.05) is 6.08 Å². The maximum absolute atomic E-state index is 13.4. The number of unbranched alkanes of at least 4 members (excludes halogenated alkanes) is 3. The van der Waals surface area contributed by atoms with Crippen molar-refractivity contribution in [2.45, 2.75) is 84.6 Å². The number of carbonyl (C=O) groups is 2. The number of carboxylic acid groups (broad SMARTS) is 1. The number of aliphatic carboxylic acids is 1. The topological polar surface area (TPSA) is 107 Å². The molecule has 0 saturated carbocycles. The van der Waals surface area contributed by atoms with Gasteiger partial charge in [-0.05, 0) is 50.7 Å². The van der Waals surface area contributed by atoms with Crippen LogP contribution in [0.15, 0.2) is 9.70 Å². The largest absolute Gasteiger partial charge is 0.481 e. The van der Waals surface area contributed by atoms with Crippen molar-refractivity contribution in [2.75, 3.05) is 24.5 Å². The first-order chi connectivity index (χ1) is 17.8. The lowest BCUT2D eigenvalue weighted by molar-refractivity contribution is -0.137. The van der Waals surface area contributed by atoms with Crippen molar-refractivity contribution < 1.29 is 14.7 Å². The van der Waals surface area contributed by atoms with Crippen LogP contribution in [-0.2, 0) is 16.1 Å². The molecule has 0 atom stereocenters. The fraction of sp³-hybridized carbons (Fsp3) is 0.593. The third-order valence-corrected chi connectivity index (χ3v) is 8.29. The second-order valence-corrected chi connectivity index (χ2v) is 11.3. The number of nitrogens with zero attached hydrogens (tertiary/aromatic N) is 4. The number of thiocarbonyl (C=S) groups is 1. The Balaban J connectivity index is 2.01. The molecule has 2 fully saturated rings. The van der Waals surface area contributed by atoms with E-state index < -0.39 is 5.97 Å². The smallest absolute Gasteiger partial charge is 0.303 e. The van der Waals surface area contributed by atoms with Gasteiger partial charge in [0.25, 0.3) is 11.5 Å². The summed E-state index contributed by atoms with van der Waals surface area (Å²) in [7, 11) is 0. The molecular weight excluding hydrogens is 508 g/mol. The molecule has 8 nitrogen and oxygen atoms in total. The molecule has 37 heavy (non-hydrogen) atoms. The lowest BCUT2D eigenvalue weighted by Gasteiger charge is -2.29. The van der Waals surface area contributed by atoms with E-state index in [-0.39, 0.29) is 23.5 Å². The quantitative estimate of drug-likeness (QED) is 0.234. The lowest BCUT2D eigenvalue weighted by atomic mass is 10.0. The van der Waals surface area contributed by atoms with Gasteiger partial charge in [-0.3, -0.25) is 23.9 Å². The van der Waals surface area contributed by atoms with Crippen LogP contribution in [0.1, 0.15) is 87.8 Å². The highest BCUT2D eigenvalue weighted by atomic mass is 32.2. The maximum Gasteiger partial charge on any atom is 0.303 e. The minimum Gasteiger partial charge on any atom is -0.481 e. The number of carboxylic acids is 1. The SMILES string of the molecule is CCCCn1c(N2CCCCCC2)c(C=C2SC(=S)N(CCCCCC(=O)O)C2=O)c(C)c(C#N)c1=O. The molecule has 200 valence electrons. The number of nitriles is 1. The van der Waals surface area contributed by atoms with Gasteiger partial charge in [0, 0.05) is 38.2 Å². The molecule has 2 aliphatic heterocycles. The number of pyridine rings is 1. The summed E-state index contributed by atoms with van der Waals surface area (Å²) >= 11 is 6.75. The predicted molar refractivity (Wildman–Crippen MR) is 152 cm³/mol. The van der Waals surface area contributed by atoms with Crippen LogP contribution in [-0.4, -0.2) is 50.4 Å². The number of rotatable bonds is 11. The Bertz CT molecular complexity index is 1160. The van der Waals surface area contributed by atoms with Crippen molar-refractivity contribution in [1.29, 1.82) is 5.26 Å². The summed E-state index contributed by atoms with van der Waals surface area (Å²) < 4.78 is 2.22. The van der Waals surface area contributed by atoms with Gasteiger partial charge in [0.2, 0.25) is 0 Å². The Morgan fingerprint density at radius 3 is 2.43 bits per heavy atom. The van der Waals surface area contributed by atoms with Crippen LogP contribution in [0.25, 0.3) is 6.08 Å². The number of aromatic nitrogens is 1. The number of amides is 1. The summed E-state index contributed by atoms with van der Waals surface area (Å²) in [5, 5.41) is 18.7. The highest BCUT2D eigenvalue weighted by Gasteiger charge is 2.33. The van der Waals surface area contributed by atoms with Crippen LogP contribution >= 0.6 is 24.0 Å². The van der Waals surface area contributed by atoms with Crippen molar-refractivity contribution in [1.82, 2.24) is 9.47 Å². The van der Waals surface area contributed by atoms with Crippen molar-refractivity contribution in [3.63, 3.8) is 0 Å². The summed E-state index contributed by atoms with van der Waals surface area (Å²) in [5.74, 6) is -0.198. The standard InChI is InChI=1S/C27H36N4O4S2/c1-3-4-15-30-24(29-13-9-5-6-10-14-29)20(19(2)21(18-28)25(30)34)17-22-26(35)31(27(36)37-22)16-11-7-8-12-23(32)33/h17H,3-16H2,1-2H3,(H,32,33). The molecule has 3 rings (SSSR count). The molecule has 1 amide bonds. The van der Waals surface area contributed by atoms with Crippen molar-refractivity contribution in [3.05, 3.63) is 31.9 Å². The molecule has 2 saturated heterocycles. The molecule has 0 unspecified atom stereocenters. The fourth-order valence-electron chi connectivity index (χ4n) is 4.84. The average molecular weight is 545 g/mol. The van der Waals surface area contributed by atoms with E-state index in [0.717, 1.165) is 63.0 Å². The van der Waals surface area contributed by atoms with Gasteiger partial charge in [0.05, 0.1) is 4.91 Å². The minimum absolute atomic E-state index is 0.117. The molecular formula is C27H36N4O4S2. The van der Waals surface area contributed by atoms with E-state index >= 15 is 0 Å². The maximum atomic E-state index is 13.4. The molecule has 1 aromatic rings. The number of thioether (sulfide) groups is 1. The summed E-state index contributed by atoms with van der Waals surface area (Å²) in [6.45, 7) is 6.49. The molecule has 0 bridgehead atoms. The van der Waals surface area contributed by atoms with Gasteiger partial charge in [-0.25, -0.2) is 0 Å². The molecule has 0 radical (unpaired) electrons. The van der Waals surface area contributed by atoms with Crippen molar-refractivity contribution >= 4 is 52.1 Å². The van der Waals surface area contributed by atoms with Gasteiger partial charge < -0.3 is 10.0 Å². The normalized spacial score (nSPS) is 17.4. The van der Waals surface area contributed by atoms with Gasteiger partial charge in [-0.2, -0.15) is 5.26 Å². The first-order valence-corrected chi connectivity index (χ1v) is 14.4. The third kappa shape index (κ3) is 7.02. The first kappa shape index (κ1) is 28.9. The zero-order valence-corrected chi connectivity index (χ0v) is 23.4. The van der Waals surface area contributed by atoms with Crippen molar-refractivity contribution in [3.8, 4) is 6.07 Å². The van der Waals surface area contributed by atoms with Gasteiger partial charge in [-0.1, -0.05) is 56.6 Å². The van der Waals surface area contributed by atoms with E-state index in [9.17, 15) is 19.6 Å². The Morgan fingerprint density at radius 2 is 1.81 bits per heavy atom. The van der Waals surface area contributed by atoms with E-state index in [4.69, 9.17) is 17.3 Å². The van der Waals surface area contributed by atoms with E-state index in [2.05, 4.69) is 17.9 Å². The van der Waals surface area contributed by atoms with Crippen LogP contribution in [0, 0.1) is 18.3 Å². The van der Waals surface area contributed by atoms with Crippen molar-refractivity contribution in [2.24, 2.45) is 0 Å². The number of hydrogen-bond acceptors (Lipinski definition) is 7. The molecule has 3 heterocycles. The Hall–Kier alpha value is -2.64. The Labute approximate surface area is 228 Å². The summed E-state index contributed by atoms with van der Waals surface area (Å²) in [6, 6.07) is 2.11.